The van der Waals surface area contributed by atoms with E-state index >= 15 is 0 Å². The summed E-state index contributed by atoms with van der Waals surface area (Å²) in [5.74, 6) is -7.10. The fourth-order valence-electron chi connectivity index (χ4n) is 8.38. The first-order valence-electron chi connectivity index (χ1n) is 24.4. The Morgan fingerprint density at radius 1 is 0.592 bits per heavy atom. The predicted molar refractivity (Wildman–Crippen MR) is 263 cm³/mol. The van der Waals surface area contributed by atoms with Gasteiger partial charge >= 0.3 is 29.8 Å². The van der Waals surface area contributed by atoms with Gasteiger partial charge < -0.3 is 44.1 Å². The molecule has 1 saturated heterocycles. The van der Waals surface area contributed by atoms with Gasteiger partial charge in [0, 0.05) is 33.5 Å². The van der Waals surface area contributed by atoms with Crippen LogP contribution in [0.15, 0.2) is 91.0 Å². The summed E-state index contributed by atoms with van der Waals surface area (Å²) in [6.45, 7) is 10.1. The molecule has 0 aromatic heterocycles. The molecule has 3 amide bonds. The zero-order valence-corrected chi connectivity index (χ0v) is 42.5. The number of carboxylic acids is 1. The number of nitrogens with zero attached hydrogens (tertiary/aromatic N) is 3. The van der Waals surface area contributed by atoms with Gasteiger partial charge in [-0.3, -0.25) is 19.2 Å². The molecule has 1 aliphatic rings. The van der Waals surface area contributed by atoms with Gasteiger partial charge in [-0.15, -0.1) is 0 Å². The Morgan fingerprint density at radius 2 is 1.04 bits per heavy atom. The third kappa shape index (κ3) is 17.0. The fraction of sp³-hybridized carbons (Fsp3) is 0.519. The van der Waals surface area contributed by atoms with Crippen molar-refractivity contribution in [1.29, 1.82) is 0 Å². The van der Waals surface area contributed by atoms with E-state index in [4.69, 9.17) is 18.9 Å². The predicted octanol–water partition coefficient (Wildman–Crippen LogP) is 5.20. The minimum absolute atomic E-state index is 0.0169. The van der Waals surface area contributed by atoms with Crippen LogP contribution >= 0.6 is 0 Å². The minimum atomic E-state index is -1.46. The maximum Gasteiger partial charge on any atom is 0.344 e. The maximum absolute atomic E-state index is 14.5. The van der Waals surface area contributed by atoms with Gasteiger partial charge in [-0.25, -0.2) is 19.2 Å². The number of likely N-dealkylation sites (N-methyl/N-ethyl adjacent to an activating group) is 3. The van der Waals surface area contributed by atoms with Crippen molar-refractivity contribution < 1.29 is 62.4 Å². The molecule has 4 rings (SSSR count). The summed E-state index contributed by atoms with van der Waals surface area (Å²) in [5, 5.41) is 12.4. The number of rotatable bonds is 25. The van der Waals surface area contributed by atoms with Crippen LogP contribution < -0.4 is 5.32 Å². The van der Waals surface area contributed by atoms with E-state index in [0.717, 1.165) is 16.0 Å². The average molecular weight is 985 g/mol. The van der Waals surface area contributed by atoms with Crippen LogP contribution in [-0.4, -0.2) is 144 Å². The summed E-state index contributed by atoms with van der Waals surface area (Å²) in [6.07, 6.45) is -3.91. The number of hydrogen-bond donors (Lipinski definition) is 2. The normalized spacial score (nSPS) is 16.5. The fourth-order valence-corrected chi connectivity index (χ4v) is 8.38. The number of carbonyl (C=O) groups is 8. The molecular formula is C54H72N4O13. The molecule has 1 fully saturated rings. The highest BCUT2D eigenvalue weighted by molar-refractivity contribution is 5.93. The van der Waals surface area contributed by atoms with Crippen LogP contribution in [0.1, 0.15) is 90.3 Å². The lowest BCUT2D eigenvalue weighted by Crippen LogP contribution is -2.55. The second kappa shape index (κ2) is 27.7. The zero-order valence-electron chi connectivity index (χ0n) is 42.5. The lowest BCUT2D eigenvalue weighted by Gasteiger charge is -2.37. The van der Waals surface area contributed by atoms with E-state index in [9.17, 15) is 43.5 Å². The van der Waals surface area contributed by atoms with E-state index < -0.39 is 96.2 Å². The molecule has 8 atom stereocenters. The quantitative estimate of drug-likeness (QED) is 0.0825. The topological polar surface area (TPSA) is 215 Å². The maximum atomic E-state index is 14.5. The smallest absolute Gasteiger partial charge is 0.344 e. The highest BCUT2D eigenvalue weighted by Crippen LogP contribution is 2.25. The van der Waals surface area contributed by atoms with Crippen LogP contribution in [0.2, 0.25) is 0 Å². The number of esters is 4. The number of hydrogen-bond acceptors (Lipinski definition) is 13. The molecule has 1 aliphatic heterocycles. The first-order valence-corrected chi connectivity index (χ1v) is 24.4. The third-order valence-electron chi connectivity index (χ3n) is 12.4. The zero-order chi connectivity index (χ0) is 52.4. The SMILES string of the molecule is CN[C@@H](Cc1ccccc1)C(=O)O[C@H](Cc1ccccc1)C(=O)N(C)[C@@H](CC(C)C)C(=O)O[C@H](C)C(=O)N(C)[C@@H](CC(C)C)C(=O)O[C@H](Cc1ccccc1)C(=O)N1CCCC[C@H]1C(=O)O[C@H](C)C(=O)O. The van der Waals surface area contributed by atoms with Crippen LogP contribution in [0.4, 0.5) is 0 Å². The largest absolute Gasteiger partial charge is 0.479 e. The van der Waals surface area contributed by atoms with Gasteiger partial charge in [0.05, 0.1) is 0 Å². The number of carbonyl (C=O) groups excluding carboxylic acids is 7. The molecule has 3 aromatic rings. The van der Waals surface area contributed by atoms with Gasteiger partial charge in [-0.1, -0.05) is 119 Å². The number of nitrogens with one attached hydrogen (secondary N) is 1. The first kappa shape index (κ1) is 57.0. The molecule has 0 aliphatic carbocycles. The summed E-state index contributed by atoms with van der Waals surface area (Å²) in [4.78, 5) is 114. The number of carboxylic acid groups (broad SMARTS) is 1. The van der Waals surface area contributed by atoms with Crippen LogP contribution in [0.25, 0.3) is 0 Å². The second-order valence-electron chi connectivity index (χ2n) is 19.0. The number of likely N-dealkylation sites (tertiary alicyclic amines) is 1. The molecule has 0 bridgehead atoms. The number of amides is 3. The molecule has 17 nitrogen and oxygen atoms in total. The van der Waals surface area contributed by atoms with Crippen molar-refractivity contribution in [2.24, 2.45) is 11.8 Å². The van der Waals surface area contributed by atoms with Crippen molar-refractivity contribution in [1.82, 2.24) is 20.0 Å². The molecule has 0 spiro atoms. The molecule has 0 radical (unpaired) electrons. The van der Waals surface area contributed by atoms with Crippen molar-refractivity contribution in [2.45, 2.75) is 141 Å². The molecule has 71 heavy (non-hydrogen) atoms. The Kier molecular flexibility index (Phi) is 22.2. The van der Waals surface area contributed by atoms with Gasteiger partial charge in [0.25, 0.3) is 17.7 Å². The van der Waals surface area contributed by atoms with Crippen LogP contribution in [0, 0.1) is 11.8 Å². The monoisotopic (exact) mass is 985 g/mol. The molecule has 0 saturated carbocycles. The Morgan fingerprint density at radius 3 is 1.52 bits per heavy atom. The average Bonchev–Trinajstić information content (AvgIpc) is 3.35. The Balaban J connectivity index is 1.55. The van der Waals surface area contributed by atoms with Gasteiger partial charge in [0.1, 0.15) is 24.2 Å². The van der Waals surface area contributed by atoms with E-state index in [2.05, 4.69) is 5.32 Å². The van der Waals surface area contributed by atoms with Gasteiger partial charge in [0.15, 0.2) is 24.4 Å². The third-order valence-corrected chi connectivity index (χ3v) is 12.4. The molecule has 17 heteroatoms. The van der Waals surface area contributed by atoms with Gasteiger partial charge in [0.2, 0.25) is 0 Å². The van der Waals surface area contributed by atoms with Crippen LogP contribution in [0.3, 0.4) is 0 Å². The van der Waals surface area contributed by atoms with E-state index in [0.29, 0.717) is 24.8 Å². The molecule has 3 aromatic carbocycles. The molecule has 386 valence electrons. The highest BCUT2D eigenvalue weighted by atomic mass is 16.6. The molecule has 1 heterocycles. The van der Waals surface area contributed by atoms with E-state index in [1.165, 1.54) is 37.7 Å². The summed E-state index contributed by atoms with van der Waals surface area (Å²) in [5.41, 5.74) is 2.25. The summed E-state index contributed by atoms with van der Waals surface area (Å²) >= 11 is 0. The Bertz CT molecular complexity index is 2240. The first-order chi connectivity index (χ1) is 33.7. The standard InChI is InChI=1S/C54H72N4O13/c1-34(2)29-43(57(9)48(60)45(32-39-23-15-11-16-24-39)70-51(64)41(55-7)31-38-21-13-10-14-22-38)53(66)68-36(5)47(59)56(8)44(30-35(3)4)54(67)71-46(33-40-25-17-12-18-26-40)49(61)58-28-20-19-27-42(58)52(65)69-37(6)50(62)63/h10-18,21-26,34-37,41-46,55H,19-20,27-33H2,1-9H3,(H,62,63)/t36-,37-,41+,42+,43+,44+,45-,46-/m1/s1. The van der Waals surface area contributed by atoms with Gasteiger partial charge in [-0.05, 0) is 87.9 Å². The van der Waals surface area contributed by atoms with Crippen LogP contribution in [-0.2, 0) is 76.6 Å². The lowest BCUT2D eigenvalue weighted by atomic mass is 9.99. The molecule has 0 unspecified atom stereocenters. The summed E-state index contributed by atoms with van der Waals surface area (Å²) in [6, 6.07) is 22.8. The van der Waals surface area contributed by atoms with Crippen LogP contribution in [0.5, 0.6) is 0 Å². The Hall–Kier alpha value is -6.62. The summed E-state index contributed by atoms with van der Waals surface area (Å²) in [7, 11) is 4.42. The van der Waals surface area contributed by atoms with Crippen molar-refractivity contribution in [3.63, 3.8) is 0 Å². The van der Waals surface area contributed by atoms with Crippen molar-refractivity contribution >= 4 is 47.6 Å². The number of benzene rings is 3. The van der Waals surface area contributed by atoms with E-state index in [1.807, 2.05) is 64.1 Å². The second-order valence-corrected chi connectivity index (χ2v) is 19.0. The van der Waals surface area contributed by atoms with E-state index in [1.54, 1.807) is 61.6 Å². The highest BCUT2D eigenvalue weighted by Gasteiger charge is 2.42. The molecule has 2 N–H and O–H groups in total. The Labute approximate surface area is 417 Å². The van der Waals surface area contributed by atoms with E-state index in [-0.39, 0.29) is 50.5 Å². The minimum Gasteiger partial charge on any atom is -0.479 e. The molecular weight excluding hydrogens is 913 g/mol. The number of piperidine rings is 1. The lowest BCUT2D eigenvalue weighted by molar-refractivity contribution is -0.175. The number of aliphatic carboxylic acids is 1. The number of ether oxygens (including phenoxy) is 4. The van der Waals surface area contributed by atoms with Crippen molar-refractivity contribution in [3.05, 3.63) is 108 Å². The van der Waals surface area contributed by atoms with Crippen molar-refractivity contribution in [2.75, 3.05) is 27.7 Å². The van der Waals surface area contributed by atoms with Gasteiger partial charge in [-0.2, -0.15) is 0 Å². The van der Waals surface area contributed by atoms with Crippen molar-refractivity contribution in [3.8, 4) is 0 Å². The summed E-state index contributed by atoms with van der Waals surface area (Å²) < 4.78 is 23.0.